The smallest absolute Gasteiger partial charge is 0.302 e. The Morgan fingerprint density at radius 3 is 2.75 bits per heavy atom. The summed E-state index contributed by atoms with van der Waals surface area (Å²) in [6, 6.07) is 9.09. The largest absolute Gasteiger partial charge is 0.426 e. The lowest BCUT2D eigenvalue weighted by Gasteiger charge is -2.06. The first kappa shape index (κ1) is 12.2. The van der Waals surface area contributed by atoms with Crippen LogP contribution in [0.4, 0.5) is 5.69 Å². The first-order valence-electron chi connectivity index (χ1n) is 6.06. The van der Waals surface area contributed by atoms with Crippen LogP contribution in [-0.2, 0) is 0 Å². The van der Waals surface area contributed by atoms with E-state index in [2.05, 4.69) is 20.3 Å². The number of hydrogen-bond acceptors (Lipinski definition) is 5. The average molecular weight is 268 g/mol. The SMILES string of the molecule is CNc1ccc(Oc2nc3cnccc3c(=O)[nH]2)cc1. The molecule has 0 saturated heterocycles. The van der Waals surface area contributed by atoms with Gasteiger partial charge in [0.1, 0.15) is 5.75 Å². The van der Waals surface area contributed by atoms with Crippen LogP contribution in [0, 0.1) is 0 Å². The fraction of sp³-hybridized carbons (Fsp3) is 0.0714. The molecule has 6 heteroatoms. The molecule has 2 aromatic heterocycles. The number of aromatic amines is 1. The van der Waals surface area contributed by atoms with Crippen LogP contribution in [0.5, 0.6) is 11.8 Å². The van der Waals surface area contributed by atoms with Crippen LogP contribution in [-0.4, -0.2) is 22.0 Å². The minimum Gasteiger partial charge on any atom is -0.426 e. The molecule has 2 N–H and O–H groups in total. The summed E-state index contributed by atoms with van der Waals surface area (Å²) >= 11 is 0. The Morgan fingerprint density at radius 1 is 1.20 bits per heavy atom. The Morgan fingerprint density at radius 2 is 2.00 bits per heavy atom. The van der Waals surface area contributed by atoms with Crippen LogP contribution < -0.4 is 15.6 Å². The van der Waals surface area contributed by atoms with Crippen LogP contribution in [0.15, 0.2) is 47.5 Å². The molecule has 1 aromatic carbocycles. The number of fused-ring (bicyclic) bond motifs is 1. The van der Waals surface area contributed by atoms with E-state index in [1.165, 1.54) is 6.20 Å². The molecule has 20 heavy (non-hydrogen) atoms. The molecule has 0 aliphatic rings. The Hall–Kier alpha value is -2.89. The van der Waals surface area contributed by atoms with E-state index < -0.39 is 0 Å². The van der Waals surface area contributed by atoms with Gasteiger partial charge in [-0.05, 0) is 30.3 Å². The lowest BCUT2D eigenvalue weighted by atomic mass is 10.3. The zero-order chi connectivity index (χ0) is 13.9. The standard InChI is InChI=1S/C14H12N4O2/c1-15-9-2-4-10(5-3-9)20-14-17-12-8-16-7-6-11(12)13(19)18-14/h2-8,15H,1H3,(H,17,18,19). The normalized spacial score (nSPS) is 10.4. The monoisotopic (exact) mass is 268 g/mol. The van der Waals surface area contributed by atoms with Crippen LogP contribution in [0.1, 0.15) is 0 Å². The zero-order valence-corrected chi connectivity index (χ0v) is 10.8. The molecule has 0 saturated carbocycles. The van der Waals surface area contributed by atoms with E-state index in [9.17, 15) is 4.79 Å². The van der Waals surface area contributed by atoms with Crippen molar-refractivity contribution in [1.29, 1.82) is 0 Å². The van der Waals surface area contributed by atoms with Gasteiger partial charge >= 0.3 is 6.01 Å². The van der Waals surface area contributed by atoms with Crippen molar-refractivity contribution in [2.75, 3.05) is 12.4 Å². The first-order chi connectivity index (χ1) is 9.76. The maximum Gasteiger partial charge on any atom is 0.302 e. The van der Waals surface area contributed by atoms with E-state index in [1.54, 1.807) is 24.4 Å². The van der Waals surface area contributed by atoms with Gasteiger partial charge in [-0.25, -0.2) is 0 Å². The molecule has 0 spiro atoms. The molecule has 0 radical (unpaired) electrons. The lowest BCUT2D eigenvalue weighted by Crippen LogP contribution is -2.09. The van der Waals surface area contributed by atoms with E-state index in [0.29, 0.717) is 16.7 Å². The van der Waals surface area contributed by atoms with Gasteiger partial charge in [0.25, 0.3) is 5.56 Å². The summed E-state index contributed by atoms with van der Waals surface area (Å²) < 4.78 is 5.54. The summed E-state index contributed by atoms with van der Waals surface area (Å²) in [6.07, 6.45) is 3.08. The predicted molar refractivity (Wildman–Crippen MR) is 76.2 cm³/mol. The van der Waals surface area contributed by atoms with Crippen molar-refractivity contribution in [2.24, 2.45) is 0 Å². The van der Waals surface area contributed by atoms with Crippen LogP contribution in [0.25, 0.3) is 10.9 Å². The highest BCUT2D eigenvalue weighted by atomic mass is 16.5. The molecule has 100 valence electrons. The molecule has 0 bridgehead atoms. The number of nitrogens with zero attached hydrogens (tertiary/aromatic N) is 2. The quantitative estimate of drug-likeness (QED) is 0.760. The number of pyridine rings is 1. The Labute approximate surface area is 114 Å². The molecule has 2 heterocycles. The van der Waals surface area contributed by atoms with Gasteiger partial charge in [-0.1, -0.05) is 0 Å². The van der Waals surface area contributed by atoms with Gasteiger partial charge in [-0.2, -0.15) is 4.98 Å². The van der Waals surface area contributed by atoms with Crippen molar-refractivity contribution < 1.29 is 4.74 Å². The van der Waals surface area contributed by atoms with Crippen LogP contribution in [0.2, 0.25) is 0 Å². The third-order valence-electron chi connectivity index (χ3n) is 2.84. The maximum atomic E-state index is 11.9. The van der Waals surface area contributed by atoms with E-state index in [1.807, 2.05) is 19.2 Å². The number of hydrogen-bond donors (Lipinski definition) is 2. The Balaban J connectivity index is 1.96. The van der Waals surface area contributed by atoms with Gasteiger partial charge in [0.05, 0.1) is 17.1 Å². The molecule has 6 nitrogen and oxygen atoms in total. The number of ether oxygens (including phenoxy) is 1. The van der Waals surface area contributed by atoms with Crippen molar-refractivity contribution in [3.05, 3.63) is 53.1 Å². The van der Waals surface area contributed by atoms with Gasteiger partial charge in [-0.15, -0.1) is 0 Å². The maximum absolute atomic E-state index is 11.9. The molecule has 0 aliphatic heterocycles. The van der Waals surface area contributed by atoms with Crippen molar-refractivity contribution in [3.63, 3.8) is 0 Å². The number of aromatic nitrogens is 3. The molecule has 0 aliphatic carbocycles. The predicted octanol–water partition coefficient (Wildman–Crippen LogP) is 2.15. The number of benzene rings is 1. The number of nitrogens with one attached hydrogen (secondary N) is 2. The number of anilines is 1. The zero-order valence-electron chi connectivity index (χ0n) is 10.8. The minimum absolute atomic E-state index is 0.146. The van der Waals surface area contributed by atoms with Crippen molar-refractivity contribution in [3.8, 4) is 11.8 Å². The van der Waals surface area contributed by atoms with E-state index in [0.717, 1.165) is 5.69 Å². The summed E-state index contributed by atoms with van der Waals surface area (Å²) in [5.74, 6) is 0.593. The molecule has 0 atom stereocenters. The summed E-state index contributed by atoms with van der Waals surface area (Å²) in [5.41, 5.74) is 1.22. The molecule has 0 unspecified atom stereocenters. The fourth-order valence-electron chi connectivity index (χ4n) is 1.82. The summed E-state index contributed by atoms with van der Waals surface area (Å²) in [6.45, 7) is 0. The van der Waals surface area contributed by atoms with Gasteiger partial charge in [-0.3, -0.25) is 14.8 Å². The number of H-pyrrole nitrogens is 1. The number of rotatable bonds is 3. The molecular formula is C14H12N4O2. The summed E-state index contributed by atoms with van der Waals surface area (Å²) in [5, 5.41) is 3.50. The minimum atomic E-state index is -0.251. The molecule has 3 aromatic rings. The topological polar surface area (TPSA) is 79.9 Å². The molecule has 0 fully saturated rings. The Bertz CT molecular complexity index is 796. The highest BCUT2D eigenvalue weighted by Gasteiger charge is 2.05. The summed E-state index contributed by atoms with van der Waals surface area (Å²) in [4.78, 5) is 22.6. The second-order valence-electron chi connectivity index (χ2n) is 4.14. The van der Waals surface area contributed by atoms with E-state index in [4.69, 9.17) is 4.74 Å². The third-order valence-corrected chi connectivity index (χ3v) is 2.84. The first-order valence-corrected chi connectivity index (χ1v) is 6.06. The van der Waals surface area contributed by atoms with Gasteiger partial charge in [0, 0.05) is 18.9 Å². The van der Waals surface area contributed by atoms with Gasteiger partial charge in [0.2, 0.25) is 0 Å². The molecule has 3 rings (SSSR count). The second-order valence-corrected chi connectivity index (χ2v) is 4.14. The Kier molecular flexibility index (Phi) is 3.04. The van der Waals surface area contributed by atoms with Gasteiger partial charge in [0.15, 0.2) is 0 Å². The van der Waals surface area contributed by atoms with Crippen LogP contribution in [0.3, 0.4) is 0 Å². The average Bonchev–Trinajstić information content (AvgIpc) is 2.48. The lowest BCUT2D eigenvalue weighted by molar-refractivity contribution is 0.443. The van der Waals surface area contributed by atoms with Crippen molar-refractivity contribution in [2.45, 2.75) is 0 Å². The summed E-state index contributed by atoms with van der Waals surface area (Å²) in [7, 11) is 1.84. The highest BCUT2D eigenvalue weighted by Crippen LogP contribution is 2.20. The fourth-order valence-corrected chi connectivity index (χ4v) is 1.82. The van der Waals surface area contributed by atoms with Crippen LogP contribution >= 0.6 is 0 Å². The van der Waals surface area contributed by atoms with E-state index in [-0.39, 0.29) is 11.6 Å². The van der Waals surface area contributed by atoms with Gasteiger partial charge < -0.3 is 10.1 Å². The van der Waals surface area contributed by atoms with Crippen molar-refractivity contribution >= 4 is 16.6 Å². The highest BCUT2D eigenvalue weighted by molar-refractivity contribution is 5.76. The molecular weight excluding hydrogens is 256 g/mol. The molecule has 0 amide bonds. The second kappa shape index (κ2) is 5.00. The van der Waals surface area contributed by atoms with E-state index >= 15 is 0 Å². The third kappa shape index (κ3) is 2.31. The van der Waals surface area contributed by atoms with Crippen molar-refractivity contribution in [1.82, 2.24) is 15.0 Å².